The predicted molar refractivity (Wildman–Crippen MR) is 144 cm³/mol. The van der Waals surface area contributed by atoms with Crippen molar-refractivity contribution in [1.82, 2.24) is 10.5 Å². The van der Waals surface area contributed by atoms with Crippen LogP contribution in [-0.4, -0.2) is 55.5 Å². The Morgan fingerprint density at radius 3 is 2.22 bits per heavy atom. The Morgan fingerprint density at radius 2 is 1.64 bits per heavy atom. The molecule has 1 saturated heterocycles. The number of hydroxylamine groups is 1. The molecule has 2 aromatic carbocycles. The normalized spacial score (nSPS) is 13.3. The molecule has 1 fully saturated rings. The van der Waals surface area contributed by atoms with Gasteiger partial charge in [-0.15, -0.1) is 0 Å². The SMILES string of the molecule is C=Cc1sc(N2CCOCC2)nc1-c1ccc(OCCCCCOc2ccc(C(=N)NO)cc2)cc1. The fraction of sp³-hybridized carbons (Fsp3) is 0.333. The zero-order valence-electron chi connectivity index (χ0n) is 20.2. The van der Waals surface area contributed by atoms with Crippen LogP contribution in [-0.2, 0) is 4.74 Å². The van der Waals surface area contributed by atoms with Crippen LogP contribution >= 0.6 is 11.3 Å². The van der Waals surface area contributed by atoms with Gasteiger partial charge in [0.2, 0.25) is 0 Å². The number of thiazole rings is 1. The zero-order valence-corrected chi connectivity index (χ0v) is 21.1. The van der Waals surface area contributed by atoms with Crippen LogP contribution < -0.4 is 19.9 Å². The van der Waals surface area contributed by atoms with Gasteiger partial charge in [0.05, 0.1) is 37.0 Å². The first-order chi connectivity index (χ1) is 17.7. The molecule has 8 nitrogen and oxygen atoms in total. The minimum atomic E-state index is -0.0428. The van der Waals surface area contributed by atoms with E-state index in [9.17, 15) is 0 Å². The minimum Gasteiger partial charge on any atom is -0.494 e. The van der Waals surface area contributed by atoms with E-state index in [1.54, 1.807) is 35.6 Å². The molecule has 36 heavy (non-hydrogen) atoms. The lowest BCUT2D eigenvalue weighted by Gasteiger charge is -2.26. The average molecular weight is 509 g/mol. The molecule has 1 aromatic heterocycles. The fourth-order valence-corrected chi connectivity index (χ4v) is 4.80. The van der Waals surface area contributed by atoms with E-state index in [0.717, 1.165) is 78.3 Å². The molecule has 0 spiro atoms. The van der Waals surface area contributed by atoms with Crippen LogP contribution in [0.1, 0.15) is 29.7 Å². The lowest BCUT2D eigenvalue weighted by Crippen LogP contribution is -2.36. The molecule has 1 aliphatic heterocycles. The van der Waals surface area contributed by atoms with E-state index in [1.807, 2.05) is 23.7 Å². The Kier molecular flexibility index (Phi) is 9.32. The van der Waals surface area contributed by atoms with Gasteiger partial charge < -0.3 is 19.1 Å². The number of amidine groups is 1. The Labute approximate surface area is 215 Å². The number of unbranched alkanes of at least 4 members (excludes halogenated alkanes) is 2. The van der Waals surface area contributed by atoms with Crippen LogP contribution in [0.3, 0.4) is 0 Å². The highest BCUT2D eigenvalue weighted by Crippen LogP contribution is 2.35. The second kappa shape index (κ2) is 13.1. The molecule has 4 rings (SSSR count). The average Bonchev–Trinajstić information content (AvgIpc) is 3.38. The maximum Gasteiger partial charge on any atom is 0.186 e. The number of anilines is 1. The summed E-state index contributed by atoms with van der Waals surface area (Å²) in [6.45, 7) is 8.45. The van der Waals surface area contributed by atoms with Gasteiger partial charge in [-0.3, -0.25) is 16.1 Å². The topological polar surface area (TPSA) is 99.9 Å². The molecule has 1 aliphatic rings. The van der Waals surface area contributed by atoms with Gasteiger partial charge in [0.15, 0.2) is 5.13 Å². The first-order valence-electron chi connectivity index (χ1n) is 12.1. The summed E-state index contributed by atoms with van der Waals surface area (Å²) < 4.78 is 17.1. The fourth-order valence-electron chi connectivity index (χ4n) is 3.81. The molecule has 3 aromatic rings. The number of hydrogen-bond donors (Lipinski definition) is 3. The van der Waals surface area contributed by atoms with E-state index < -0.39 is 0 Å². The lowest BCUT2D eigenvalue weighted by atomic mass is 10.1. The molecule has 3 N–H and O–H groups in total. The summed E-state index contributed by atoms with van der Waals surface area (Å²) in [7, 11) is 0. The van der Waals surface area contributed by atoms with E-state index in [2.05, 4.69) is 23.6 Å². The number of rotatable bonds is 12. The van der Waals surface area contributed by atoms with Gasteiger partial charge in [0, 0.05) is 24.2 Å². The summed E-state index contributed by atoms with van der Waals surface area (Å²) in [5, 5.41) is 17.3. The maximum absolute atomic E-state index is 8.77. The first kappa shape index (κ1) is 25.7. The van der Waals surface area contributed by atoms with Crippen molar-refractivity contribution in [2.75, 3.05) is 44.4 Å². The monoisotopic (exact) mass is 508 g/mol. The number of aromatic nitrogens is 1. The second-order valence-corrected chi connectivity index (χ2v) is 9.32. The molecule has 0 unspecified atom stereocenters. The number of morpholine rings is 1. The number of nitrogens with one attached hydrogen (secondary N) is 2. The van der Waals surface area contributed by atoms with E-state index >= 15 is 0 Å². The van der Waals surface area contributed by atoms with Gasteiger partial charge in [-0.25, -0.2) is 4.98 Å². The highest BCUT2D eigenvalue weighted by molar-refractivity contribution is 7.16. The van der Waals surface area contributed by atoms with Gasteiger partial charge in [0.25, 0.3) is 0 Å². The second-order valence-electron chi connectivity index (χ2n) is 8.31. The van der Waals surface area contributed by atoms with Crippen molar-refractivity contribution >= 4 is 28.4 Å². The van der Waals surface area contributed by atoms with Crippen LogP contribution in [0.2, 0.25) is 0 Å². The van der Waals surface area contributed by atoms with Crippen molar-refractivity contribution in [2.24, 2.45) is 0 Å². The lowest BCUT2D eigenvalue weighted by molar-refractivity contribution is 0.122. The summed E-state index contributed by atoms with van der Waals surface area (Å²) in [5.41, 5.74) is 4.45. The van der Waals surface area contributed by atoms with Crippen molar-refractivity contribution < 1.29 is 19.4 Å². The molecule has 0 bridgehead atoms. The summed E-state index contributed by atoms with van der Waals surface area (Å²) in [6.07, 6.45) is 4.75. The van der Waals surface area contributed by atoms with Crippen LogP contribution in [0.15, 0.2) is 55.1 Å². The molecule has 0 atom stereocenters. The van der Waals surface area contributed by atoms with Gasteiger partial charge in [-0.2, -0.15) is 0 Å². The third kappa shape index (κ3) is 6.84. The van der Waals surface area contributed by atoms with Crippen molar-refractivity contribution in [2.45, 2.75) is 19.3 Å². The van der Waals surface area contributed by atoms with Crippen molar-refractivity contribution in [3.05, 3.63) is 65.6 Å². The minimum absolute atomic E-state index is 0.0428. The smallest absolute Gasteiger partial charge is 0.186 e. The third-order valence-electron chi connectivity index (χ3n) is 5.82. The summed E-state index contributed by atoms with van der Waals surface area (Å²) in [6, 6.07) is 15.1. The van der Waals surface area contributed by atoms with E-state index in [4.69, 9.17) is 29.8 Å². The molecular weight excluding hydrogens is 476 g/mol. The first-order valence-corrected chi connectivity index (χ1v) is 12.9. The van der Waals surface area contributed by atoms with Crippen molar-refractivity contribution in [1.29, 1.82) is 5.41 Å². The molecular formula is C27H32N4O4S. The molecule has 0 saturated carbocycles. The van der Waals surface area contributed by atoms with Gasteiger partial charge in [-0.1, -0.05) is 17.9 Å². The maximum atomic E-state index is 8.77. The Balaban J connectivity index is 1.18. The number of benzene rings is 2. The highest BCUT2D eigenvalue weighted by Gasteiger charge is 2.18. The van der Waals surface area contributed by atoms with E-state index in [0.29, 0.717) is 18.8 Å². The van der Waals surface area contributed by atoms with Crippen molar-refractivity contribution in [3.8, 4) is 22.8 Å². The van der Waals surface area contributed by atoms with Gasteiger partial charge in [-0.05, 0) is 73.9 Å². The Hall–Kier alpha value is -3.40. The molecule has 0 radical (unpaired) electrons. The summed E-state index contributed by atoms with van der Waals surface area (Å²) in [4.78, 5) is 8.23. The highest BCUT2D eigenvalue weighted by atomic mass is 32.1. The van der Waals surface area contributed by atoms with Crippen LogP contribution in [0.4, 0.5) is 5.13 Å². The predicted octanol–water partition coefficient (Wildman–Crippen LogP) is 5.22. The zero-order chi connectivity index (χ0) is 25.2. The van der Waals surface area contributed by atoms with E-state index in [1.165, 1.54) is 0 Å². The van der Waals surface area contributed by atoms with Gasteiger partial charge >= 0.3 is 0 Å². The molecule has 0 amide bonds. The van der Waals surface area contributed by atoms with Crippen molar-refractivity contribution in [3.63, 3.8) is 0 Å². The molecule has 2 heterocycles. The quantitative estimate of drug-likeness (QED) is 0.133. The third-order valence-corrected chi connectivity index (χ3v) is 6.93. The molecule has 0 aliphatic carbocycles. The number of hydrogen-bond acceptors (Lipinski definition) is 8. The Morgan fingerprint density at radius 1 is 1.03 bits per heavy atom. The van der Waals surface area contributed by atoms with Gasteiger partial charge in [0.1, 0.15) is 17.3 Å². The number of nitrogens with zero attached hydrogens (tertiary/aromatic N) is 2. The van der Waals surface area contributed by atoms with Crippen LogP contribution in [0.5, 0.6) is 11.5 Å². The summed E-state index contributed by atoms with van der Waals surface area (Å²) >= 11 is 1.67. The Bertz CT molecular complexity index is 1130. The van der Waals surface area contributed by atoms with E-state index in [-0.39, 0.29) is 5.84 Å². The largest absolute Gasteiger partial charge is 0.494 e. The standard InChI is InChI=1S/C27H32N4O4S/c1-2-24-25(29-27(36-24)31-14-18-33-19-15-31)20-6-10-22(11-7-20)34-16-4-3-5-17-35-23-12-8-21(9-13-23)26(28)30-32/h2,6-13,32H,1,3-5,14-19H2,(H2,28,30). The molecule has 190 valence electrons. The number of ether oxygens (including phenoxy) is 3. The summed E-state index contributed by atoms with van der Waals surface area (Å²) in [5.74, 6) is 1.55. The van der Waals surface area contributed by atoms with Crippen LogP contribution in [0.25, 0.3) is 17.3 Å². The molecule has 9 heteroatoms. The van der Waals surface area contributed by atoms with Crippen LogP contribution in [0, 0.1) is 5.41 Å².